The molecule has 0 spiro atoms. The van der Waals surface area contributed by atoms with Crippen LogP contribution in [0.15, 0.2) is 18.2 Å². The van der Waals surface area contributed by atoms with Gasteiger partial charge in [-0.25, -0.2) is 0 Å². The number of nitrogens with zero attached hydrogens (tertiary/aromatic N) is 1. The molecule has 19 heavy (non-hydrogen) atoms. The minimum absolute atomic E-state index is 0.0824. The quantitative estimate of drug-likeness (QED) is 0.881. The molecule has 1 aliphatic heterocycles. The van der Waals surface area contributed by atoms with Crippen molar-refractivity contribution >= 4 is 5.97 Å². The SMILES string of the molecule is COc1ccc(C2CCCN2CC(=O)O)cc1OC. The van der Waals surface area contributed by atoms with E-state index in [0.717, 1.165) is 24.9 Å². The normalized spacial score (nSPS) is 19.4. The summed E-state index contributed by atoms with van der Waals surface area (Å²) in [5, 5.41) is 8.94. The van der Waals surface area contributed by atoms with Gasteiger partial charge >= 0.3 is 5.97 Å². The number of methoxy groups -OCH3 is 2. The van der Waals surface area contributed by atoms with Crippen LogP contribution in [0.1, 0.15) is 24.4 Å². The van der Waals surface area contributed by atoms with Crippen LogP contribution in [0.3, 0.4) is 0 Å². The van der Waals surface area contributed by atoms with Gasteiger partial charge in [0.15, 0.2) is 11.5 Å². The number of carboxylic acids is 1. The lowest BCUT2D eigenvalue weighted by Gasteiger charge is -2.23. The number of hydrogen-bond acceptors (Lipinski definition) is 4. The van der Waals surface area contributed by atoms with Crippen molar-refractivity contribution in [3.8, 4) is 11.5 Å². The maximum atomic E-state index is 10.9. The Labute approximate surface area is 112 Å². The van der Waals surface area contributed by atoms with Crippen LogP contribution >= 0.6 is 0 Å². The van der Waals surface area contributed by atoms with Crippen LogP contribution in [0.25, 0.3) is 0 Å². The smallest absolute Gasteiger partial charge is 0.317 e. The van der Waals surface area contributed by atoms with Gasteiger partial charge in [-0.3, -0.25) is 9.69 Å². The van der Waals surface area contributed by atoms with E-state index in [9.17, 15) is 4.79 Å². The van der Waals surface area contributed by atoms with Gasteiger partial charge in [0.05, 0.1) is 20.8 Å². The molecule has 1 fully saturated rings. The van der Waals surface area contributed by atoms with Gasteiger partial charge in [-0.1, -0.05) is 6.07 Å². The monoisotopic (exact) mass is 265 g/mol. The van der Waals surface area contributed by atoms with Crippen molar-refractivity contribution in [2.45, 2.75) is 18.9 Å². The van der Waals surface area contributed by atoms with Crippen LogP contribution in [0.2, 0.25) is 0 Å². The van der Waals surface area contributed by atoms with Crippen molar-refractivity contribution in [2.24, 2.45) is 0 Å². The third kappa shape index (κ3) is 2.98. The fourth-order valence-corrected chi connectivity index (χ4v) is 2.63. The Kier molecular flexibility index (Phi) is 4.27. The van der Waals surface area contributed by atoms with Gasteiger partial charge in [-0.05, 0) is 37.1 Å². The first-order valence-electron chi connectivity index (χ1n) is 6.33. The number of aliphatic carboxylic acids is 1. The van der Waals surface area contributed by atoms with E-state index in [1.807, 2.05) is 23.1 Å². The fourth-order valence-electron chi connectivity index (χ4n) is 2.63. The van der Waals surface area contributed by atoms with Crippen molar-refractivity contribution in [3.63, 3.8) is 0 Å². The lowest BCUT2D eigenvalue weighted by Crippen LogP contribution is -2.29. The van der Waals surface area contributed by atoms with Gasteiger partial charge < -0.3 is 14.6 Å². The van der Waals surface area contributed by atoms with E-state index < -0.39 is 5.97 Å². The van der Waals surface area contributed by atoms with Crippen LogP contribution in [-0.4, -0.2) is 43.3 Å². The standard InChI is InChI=1S/C14H19NO4/c1-18-12-6-5-10(8-13(12)19-2)11-4-3-7-15(11)9-14(16)17/h5-6,8,11H,3-4,7,9H2,1-2H3,(H,16,17). The van der Waals surface area contributed by atoms with Crippen LogP contribution in [0, 0.1) is 0 Å². The maximum Gasteiger partial charge on any atom is 0.317 e. The van der Waals surface area contributed by atoms with Crippen LogP contribution < -0.4 is 9.47 Å². The summed E-state index contributed by atoms with van der Waals surface area (Å²) < 4.78 is 10.5. The summed E-state index contributed by atoms with van der Waals surface area (Å²) >= 11 is 0. The fraction of sp³-hybridized carbons (Fsp3) is 0.500. The lowest BCUT2D eigenvalue weighted by molar-refractivity contribution is -0.138. The van der Waals surface area contributed by atoms with E-state index in [2.05, 4.69) is 0 Å². The molecule has 0 bridgehead atoms. The highest BCUT2D eigenvalue weighted by Crippen LogP contribution is 2.36. The molecule has 1 aromatic rings. The number of ether oxygens (including phenoxy) is 2. The lowest BCUT2D eigenvalue weighted by atomic mass is 10.0. The van der Waals surface area contributed by atoms with Gasteiger partial charge in [0.25, 0.3) is 0 Å². The zero-order valence-corrected chi connectivity index (χ0v) is 11.3. The third-order valence-corrected chi connectivity index (χ3v) is 3.49. The molecule has 1 atom stereocenters. The first-order valence-corrected chi connectivity index (χ1v) is 6.33. The summed E-state index contributed by atoms with van der Waals surface area (Å²) in [4.78, 5) is 12.9. The first kappa shape index (κ1) is 13.7. The molecule has 0 aliphatic carbocycles. The van der Waals surface area contributed by atoms with E-state index in [4.69, 9.17) is 14.6 Å². The molecule has 1 aromatic carbocycles. The molecule has 0 amide bonds. The molecule has 5 nitrogen and oxygen atoms in total. The molecule has 1 heterocycles. The number of likely N-dealkylation sites (tertiary alicyclic amines) is 1. The average Bonchev–Trinajstić information content (AvgIpc) is 2.85. The van der Waals surface area contributed by atoms with Gasteiger partial charge in [-0.15, -0.1) is 0 Å². The molecule has 0 aromatic heterocycles. The number of carbonyl (C=O) groups is 1. The maximum absolute atomic E-state index is 10.9. The Hall–Kier alpha value is -1.75. The summed E-state index contributed by atoms with van der Waals surface area (Å²) in [6.45, 7) is 0.907. The predicted octanol–water partition coefficient (Wildman–Crippen LogP) is 1.93. The van der Waals surface area contributed by atoms with E-state index in [1.54, 1.807) is 14.2 Å². The summed E-state index contributed by atoms with van der Waals surface area (Å²) in [7, 11) is 3.20. The Morgan fingerprint density at radius 3 is 2.74 bits per heavy atom. The molecule has 1 N–H and O–H groups in total. The minimum Gasteiger partial charge on any atom is -0.493 e. The Morgan fingerprint density at radius 1 is 1.37 bits per heavy atom. The van der Waals surface area contributed by atoms with E-state index >= 15 is 0 Å². The van der Waals surface area contributed by atoms with Crippen molar-refractivity contribution in [1.82, 2.24) is 4.90 Å². The van der Waals surface area contributed by atoms with Gasteiger partial charge in [0.1, 0.15) is 0 Å². The molecule has 104 valence electrons. The highest BCUT2D eigenvalue weighted by molar-refractivity contribution is 5.69. The van der Waals surface area contributed by atoms with Crippen molar-refractivity contribution in [1.29, 1.82) is 0 Å². The van der Waals surface area contributed by atoms with Crippen LogP contribution in [-0.2, 0) is 4.79 Å². The van der Waals surface area contributed by atoms with Gasteiger partial charge in [0, 0.05) is 6.04 Å². The van der Waals surface area contributed by atoms with Crippen LogP contribution in [0.4, 0.5) is 0 Å². The number of carboxylic acid groups (broad SMARTS) is 1. The molecule has 5 heteroatoms. The summed E-state index contributed by atoms with van der Waals surface area (Å²) in [5.41, 5.74) is 1.08. The Balaban J connectivity index is 2.23. The summed E-state index contributed by atoms with van der Waals surface area (Å²) in [6.07, 6.45) is 2.00. The molecule has 2 rings (SSSR count). The average molecular weight is 265 g/mol. The highest BCUT2D eigenvalue weighted by atomic mass is 16.5. The predicted molar refractivity (Wildman–Crippen MR) is 70.7 cm³/mol. The molecule has 1 saturated heterocycles. The van der Waals surface area contributed by atoms with Gasteiger partial charge in [-0.2, -0.15) is 0 Å². The third-order valence-electron chi connectivity index (χ3n) is 3.49. The molecule has 0 radical (unpaired) electrons. The Morgan fingerprint density at radius 2 is 2.11 bits per heavy atom. The molecular formula is C14H19NO4. The van der Waals surface area contributed by atoms with Gasteiger partial charge in [0.2, 0.25) is 0 Å². The minimum atomic E-state index is -0.785. The zero-order valence-electron chi connectivity index (χ0n) is 11.3. The highest BCUT2D eigenvalue weighted by Gasteiger charge is 2.28. The molecule has 1 unspecified atom stereocenters. The van der Waals surface area contributed by atoms with E-state index in [1.165, 1.54) is 0 Å². The van der Waals surface area contributed by atoms with Crippen LogP contribution in [0.5, 0.6) is 11.5 Å². The number of hydrogen-bond donors (Lipinski definition) is 1. The molecular weight excluding hydrogens is 246 g/mol. The van der Waals surface area contributed by atoms with E-state index in [-0.39, 0.29) is 12.6 Å². The zero-order chi connectivity index (χ0) is 13.8. The topological polar surface area (TPSA) is 59.0 Å². The number of benzene rings is 1. The first-order chi connectivity index (χ1) is 9.15. The summed E-state index contributed by atoms with van der Waals surface area (Å²) in [6, 6.07) is 5.93. The second kappa shape index (κ2) is 5.93. The largest absolute Gasteiger partial charge is 0.493 e. The van der Waals surface area contributed by atoms with Crippen molar-refractivity contribution < 1.29 is 19.4 Å². The van der Waals surface area contributed by atoms with E-state index in [0.29, 0.717) is 11.5 Å². The molecule has 0 saturated carbocycles. The number of rotatable bonds is 5. The second-order valence-electron chi connectivity index (χ2n) is 4.64. The van der Waals surface area contributed by atoms with Crippen molar-refractivity contribution in [2.75, 3.05) is 27.3 Å². The second-order valence-corrected chi connectivity index (χ2v) is 4.64. The Bertz CT molecular complexity index is 461. The molecule has 1 aliphatic rings. The summed E-state index contributed by atoms with van der Waals surface area (Å²) in [5.74, 6) is 0.587. The van der Waals surface area contributed by atoms with Crippen molar-refractivity contribution in [3.05, 3.63) is 23.8 Å².